The minimum atomic E-state index is -4.06. The topological polar surface area (TPSA) is 86.8 Å². The third-order valence-electron chi connectivity index (χ3n) is 6.06. The van der Waals surface area contributed by atoms with Crippen LogP contribution in [0.3, 0.4) is 0 Å². The number of nitrogens with zero attached hydrogens (tertiary/aromatic N) is 2. The summed E-state index contributed by atoms with van der Waals surface area (Å²) >= 11 is 0. The summed E-state index contributed by atoms with van der Waals surface area (Å²) in [5, 5.41) is 2.63. The van der Waals surface area contributed by atoms with Gasteiger partial charge in [0.1, 0.15) is 12.6 Å². The molecule has 3 aromatic carbocycles. The number of hydrogen-bond donors (Lipinski definition) is 1. The van der Waals surface area contributed by atoms with E-state index in [2.05, 4.69) is 5.32 Å². The van der Waals surface area contributed by atoms with Crippen molar-refractivity contribution in [3.05, 3.63) is 95.6 Å². The van der Waals surface area contributed by atoms with Crippen LogP contribution in [0.1, 0.15) is 30.0 Å². The molecule has 0 heterocycles. The standard InChI is InChI=1S/C28H33N3O4S/c1-5-25(28(33)29-4)30(19-23-14-11-12-21(2)18-23)27(32)20-31(26-17-10-9-13-22(26)3)36(34,35)24-15-7-6-8-16-24/h6-18,25H,5,19-20H2,1-4H3,(H,29,33)/t25-/m0/s1. The van der Waals surface area contributed by atoms with Gasteiger partial charge in [-0.15, -0.1) is 0 Å². The van der Waals surface area contributed by atoms with Gasteiger partial charge in [-0.3, -0.25) is 13.9 Å². The maximum atomic E-state index is 13.9. The monoisotopic (exact) mass is 507 g/mol. The lowest BCUT2D eigenvalue weighted by Gasteiger charge is -2.33. The van der Waals surface area contributed by atoms with Crippen LogP contribution in [0.5, 0.6) is 0 Å². The molecule has 0 aliphatic heterocycles. The zero-order chi connectivity index (χ0) is 26.3. The molecule has 3 rings (SSSR count). The molecule has 36 heavy (non-hydrogen) atoms. The number of nitrogens with one attached hydrogen (secondary N) is 1. The van der Waals surface area contributed by atoms with E-state index in [-0.39, 0.29) is 17.3 Å². The summed E-state index contributed by atoms with van der Waals surface area (Å²) < 4.78 is 28.6. The summed E-state index contributed by atoms with van der Waals surface area (Å²) in [6, 6.07) is 22.0. The van der Waals surface area contributed by atoms with Crippen LogP contribution in [-0.4, -0.2) is 44.8 Å². The van der Waals surface area contributed by atoms with Crippen LogP contribution in [0.4, 0.5) is 5.69 Å². The van der Waals surface area contributed by atoms with E-state index in [9.17, 15) is 18.0 Å². The molecule has 0 bridgehead atoms. The Hall–Kier alpha value is -3.65. The van der Waals surface area contributed by atoms with E-state index in [1.807, 2.05) is 44.2 Å². The van der Waals surface area contributed by atoms with E-state index in [1.165, 1.54) is 24.1 Å². The third kappa shape index (κ3) is 6.12. The smallest absolute Gasteiger partial charge is 0.264 e. The normalized spacial score (nSPS) is 12.0. The van der Waals surface area contributed by atoms with Gasteiger partial charge in [-0.05, 0) is 49.6 Å². The van der Waals surface area contributed by atoms with Crippen LogP contribution < -0.4 is 9.62 Å². The lowest BCUT2D eigenvalue weighted by Crippen LogP contribution is -2.51. The fourth-order valence-electron chi connectivity index (χ4n) is 4.17. The Labute approximate surface area is 213 Å². The third-order valence-corrected chi connectivity index (χ3v) is 7.84. The molecule has 7 nitrogen and oxygen atoms in total. The first-order chi connectivity index (χ1) is 17.2. The van der Waals surface area contributed by atoms with Crippen LogP contribution in [0.2, 0.25) is 0 Å². The summed E-state index contributed by atoms with van der Waals surface area (Å²) in [6.45, 7) is 5.33. The highest BCUT2D eigenvalue weighted by Gasteiger charge is 2.33. The second-order valence-electron chi connectivity index (χ2n) is 8.66. The van der Waals surface area contributed by atoms with Crippen molar-refractivity contribution in [1.82, 2.24) is 10.2 Å². The van der Waals surface area contributed by atoms with Crippen LogP contribution in [0.25, 0.3) is 0 Å². The highest BCUT2D eigenvalue weighted by molar-refractivity contribution is 7.92. The van der Waals surface area contributed by atoms with Crippen LogP contribution >= 0.6 is 0 Å². The van der Waals surface area contributed by atoms with Crippen molar-refractivity contribution in [2.45, 2.75) is 44.7 Å². The molecule has 0 saturated heterocycles. The van der Waals surface area contributed by atoms with Gasteiger partial charge in [0.2, 0.25) is 11.8 Å². The number of aryl methyl sites for hydroxylation is 2. The summed E-state index contributed by atoms with van der Waals surface area (Å²) in [4.78, 5) is 28.2. The molecule has 1 N–H and O–H groups in total. The maximum Gasteiger partial charge on any atom is 0.264 e. The lowest BCUT2D eigenvalue weighted by molar-refractivity contribution is -0.140. The van der Waals surface area contributed by atoms with Crippen molar-refractivity contribution < 1.29 is 18.0 Å². The summed E-state index contributed by atoms with van der Waals surface area (Å²) in [5.41, 5.74) is 3.02. The second kappa shape index (κ2) is 11.9. The van der Waals surface area contributed by atoms with Gasteiger partial charge in [-0.2, -0.15) is 0 Å². The zero-order valence-electron chi connectivity index (χ0n) is 21.1. The Bertz CT molecular complexity index is 1310. The number of rotatable bonds is 10. The average molecular weight is 508 g/mol. The highest BCUT2D eigenvalue weighted by Crippen LogP contribution is 2.27. The quantitative estimate of drug-likeness (QED) is 0.449. The molecule has 0 aromatic heterocycles. The van der Waals surface area contributed by atoms with Gasteiger partial charge >= 0.3 is 0 Å². The molecule has 190 valence electrons. The number of benzene rings is 3. The van der Waals surface area contributed by atoms with Crippen LogP contribution in [-0.2, 0) is 26.2 Å². The Morgan fingerprint density at radius 2 is 1.58 bits per heavy atom. The minimum Gasteiger partial charge on any atom is -0.357 e. The SMILES string of the molecule is CC[C@@H](C(=O)NC)N(Cc1cccc(C)c1)C(=O)CN(c1ccccc1C)S(=O)(=O)c1ccccc1. The molecule has 0 unspecified atom stereocenters. The molecule has 1 atom stereocenters. The largest absolute Gasteiger partial charge is 0.357 e. The number of para-hydroxylation sites is 1. The Kier molecular flexibility index (Phi) is 8.88. The number of carbonyl (C=O) groups is 2. The van der Waals surface area contributed by atoms with Crippen LogP contribution in [0.15, 0.2) is 83.8 Å². The average Bonchev–Trinajstić information content (AvgIpc) is 2.87. The van der Waals surface area contributed by atoms with E-state index in [0.29, 0.717) is 17.7 Å². The first-order valence-corrected chi connectivity index (χ1v) is 13.3. The fourth-order valence-corrected chi connectivity index (χ4v) is 5.67. The van der Waals surface area contributed by atoms with Gasteiger partial charge in [-0.1, -0.05) is 73.2 Å². The van der Waals surface area contributed by atoms with Gasteiger partial charge in [0.15, 0.2) is 0 Å². The van der Waals surface area contributed by atoms with E-state index < -0.39 is 28.5 Å². The highest BCUT2D eigenvalue weighted by atomic mass is 32.2. The first kappa shape index (κ1) is 26.9. The van der Waals surface area contributed by atoms with Crippen molar-refractivity contribution in [3.63, 3.8) is 0 Å². The van der Waals surface area contributed by atoms with Gasteiger partial charge in [0.25, 0.3) is 10.0 Å². The van der Waals surface area contributed by atoms with Crippen molar-refractivity contribution in [2.24, 2.45) is 0 Å². The molecule has 0 fully saturated rings. The minimum absolute atomic E-state index is 0.0876. The molecular weight excluding hydrogens is 474 g/mol. The second-order valence-corrected chi connectivity index (χ2v) is 10.5. The van der Waals surface area contributed by atoms with Gasteiger partial charge in [0, 0.05) is 13.6 Å². The van der Waals surface area contributed by atoms with E-state index >= 15 is 0 Å². The van der Waals surface area contributed by atoms with E-state index in [0.717, 1.165) is 15.4 Å². The van der Waals surface area contributed by atoms with Crippen molar-refractivity contribution in [1.29, 1.82) is 0 Å². The van der Waals surface area contributed by atoms with E-state index in [4.69, 9.17) is 0 Å². The van der Waals surface area contributed by atoms with Crippen molar-refractivity contribution in [3.8, 4) is 0 Å². The lowest BCUT2D eigenvalue weighted by atomic mass is 10.1. The van der Waals surface area contributed by atoms with Gasteiger partial charge in [-0.25, -0.2) is 8.42 Å². The fraction of sp³-hybridized carbons (Fsp3) is 0.286. The zero-order valence-corrected chi connectivity index (χ0v) is 22.0. The number of amides is 2. The van der Waals surface area contributed by atoms with Crippen molar-refractivity contribution in [2.75, 3.05) is 17.9 Å². The molecule has 0 aliphatic rings. The van der Waals surface area contributed by atoms with E-state index in [1.54, 1.807) is 43.3 Å². The van der Waals surface area contributed by atoms with Gasteiger partial charge in [0.05, 0.1) is 10.6 Å². The molecule has 2 amide bonds. The molecule has 0 radical (unpaired) electrons. The number of anilines is 1. The molecule has 8 heteroatoms. The predicted molar refractivity (Wildman–Crippen MR) is 142 cm³/mol. The Balaban J connectivity index is 2.06. The first-order valence-electron chi connectivity index (χ1n) is 11.9. The molecule has 3 aromatic rings. The molecule has 0 aliphatic carbocycles. The summed E-state index contributed by atoms with van der Waals surface area (Å²) in [5.74, 6) is -0.762. The molecule has 0 saturated carbocycles. The summed E-state index contributed by atoms with van der Waals surface area (Å²) in [7, 11) is -2.53. The molecule has 0 spiro atoms. The number of carbonyl (C=O) groups excluding carboxylic acids is 2. The predicted octanol–water partition coefficient (Wildman–Crippen LogP) is 4.05. The summed E-state index contributed by atoms with van der Waals surface area (Å²) in [6.07, 6.45) is 0.382. The number of likely N-dealkylation sites (N-methyl/N-ethyl adjacent to an activating group) is 1. The van der Waals surface area contributed by atoms with Gasteiger partial charge < -0.3 is 10.2 Å². The molecular formula is C28H33N3O4S. The Morgan fingerprint density at radius 1 is 0.917 bits per heavy atom. The number of hydrogen-bond acceptors (Lipinski definition) is 4. The number of sulfonamides is 1. The van der Waals surface area contributed by atoms with Crippen molar-refractivity contribution >= 4 is 27.5 Å². The Morgan fingerprint density at radius 3 is 2.19 bits per heavy atom. The maximum absolute atomic E-state index is 13.9. The van der Waals surface area contributed by atoms with Crippen LogP contribution in [0, 0.1) is 13.8 Å².